The van der Waals surface area contributed by atoms with Crippen LogP contribution in [0.5, 0.6) is 0 Å². The fourth-order valence-electron chi connectivity index (χ4n) is 1.46. The van der Waals surface area contributed by atoms with Crippen molar-refractivity contribution in [2.45, 2.75) is 0 Å². The number of carbonyl (C=O) groups is 1. The molecule has 0 fully saturated rings. The highest BCUT2D eigenvalue weighted by atomic mass is 35.5. The number of amides is 1. The second kappa shape index (κ2) is 5.62. The molecule has 102 valence electrons. The molecular weight excluding hydrogens is 289 g/mol. The molecule has 1 heterocycles. The molecule has 2 rings (SSSR count). The molecule has 2 aromatic rings. The van der Waals surface area contributed by atoms with Crippen molar-refractivity contribution < 1.29 is 14.1 Å². The van der Waals surface area contributed by atoms with Crippen molar-refractivity contribution in [3.8, 4) is 0 Å². The first kappa shape index (κ1) is 13.9. The number of aromatic nitrogens is 1. The molecule has 0 spiro atoms. The van der Waals surface area contributed by atoms with Crippen LogP contribution >= 0.6 is 11.6 Å². The van der Waals surface area contributed by atoms with Crippen LogP contribution in [0.4, 0.5) is 15.8 Å². The number of carbonyl (C=O) groups excluding carboxylic acids is 1. The zero-order valence-electron chi connectivity index (χ0n) is 9.84. The van der Waals surface area contributed by atoms with Gasteiger partial charge in [0.05, 0.1) is 4.92 Å². The lowest BCUT2D eigenvalue weighted by Crippen LogP contribution is -2.13. The lowest BCUT2D eigenvalue weighted by atomic mass is 10.2. The van der Waals surface area contributed by atoms with Gasteiger partial charge in [0.2, 0.25) is 5.82 Å². The standard InChI is InChI=1S/C12H7ClFN3O3/c13-11-3-1-2-9(16-11)12(18)15-7-4-5-10(17(19)20)8(14)6-7/h1-6H,(H,15,18). The molecule has 1 amide bonds. The summed E-state index contributed by atoms with van der Waals surface area (Å²) in [6.45, 7) is 0. The molecule has 0 bridgehead atoms. The first-order valence-corrected chi connectivity index (χ1v) is 5.73. The van der Waals surface area contributed by atoms with Gasteiger partial charge in [-0.1, -0.05) is 17.7 Å². The second-order valence-corrected chi connectivity index (χ2v) is 4.11. The molecule has 0 unspecified atom stereocenters. The van der Waals surface area contributed by atoms with E-state index in [2.05, 4.69) is 10.3 Å². The Morgan fingerprint density at radius 3 is 2.70 bits per heavy atom. The minimum atomic E-state index is -1.04. The Bertz CT molecular complexity index is 693. The topological polar surface area (TPSA) is 85.1 Å². The molecule has 0 saturated carbocycles. The van der Waals surface area contributed by atoms with Crippen molar-refractivity contribution in [2.24, 2.45) is 0 Å². The van der Waals surface area contributed by atoms with Crippen molar-refractivity contribution in [1.29, 1.82) is 0 Å². The number of hydrogen-bond acceptors (Lipinski definition) is 4. The summed E-state index contributed by atoms with van der Waals surface area (Å²) in [6, 6.07) is 7.54. The molecule has 20 heavy (non-hydrogen) atoms. The van der Waals surface area contributed by atoms with E-state index in [1.165, 1.54) is 18.2 Å². The minimum absolute atomic E-state index is 0.0521. The first-order valence-electron chi connectivity index (χ1n) is 5.35. The SMILES string of the molecule is O=C(Nc1ccc([N+](=O)[O-])c(F)c1)c1cccc(Cl)n1. The van der Waals surface area contributed by atoms with E-state index in [0.717, 1.165) is 12.1 Å². The molecule has 0 saturated heterocycles. The van der Waals surface area contributed by atoms with Gasteiger partial charge >= 0.3 is 5.69 Å². The monoisotopic (exact) mass is 295 g/mol. The number of hydrogen-bond donors (Lipinski definition) is 1. The molecule has 0 aliphatic rings. The second-order valence-electron chi connectivity index (χ2n) is 3.72. The van der Waals surface area contributed by atoms with Gasteiger partial charge in [-0.2, -0.15) is 4.39 Å². The van der Waals surface area contributed by atoms with Crippen LogP contribution in [-0.4, -0.2) is 15.8 Å². The molecule has 0 aliphatic carbocycles. The highest BCUT2D eigenvalue weighted by Gasteiger charge is 2.15. The quantitative estimate of drug-likeness (QED) is 0.536. The number of nitrogens with one attached hydrogen (secondary N) is 1. The van der Waals surface area contributed by atoms with Crippen molar-refractivity contribution >= 4 is 28.9 Å². The van der Waals surface area contributed by atoms with Crippen LogP contribution in [-0.2, 0) is 0 Å². The van der Waals surface area contributed by atoms with Crippen molar-refractivity contribution in [1.82, 2.24) is 4.98 Å². The number of halogens is 2. The van der Waals surface area contributed by atoms with E-state index in [-0.39, 0.29) is 16.5 Å². The molecule has 0 atom stereocenters. The largest absolute Gasteiger partial charge is 0.321 e. The van der Waals surface area contributed by atoms with Gasteiger partial charge < -0.3 is 5.32 Å². The van der Waals surface area contributed by atoms with E-state index in [1.807, 2.05) is 0 Å². The van der Waals surface area contributed by atoms with Crippen LogP contribution < -0.4 is 5.32 Å². The van der Waals surface area contributed by atoms with Gasteiger partial charge in [-0.3, -0.25) is 14.9 Å². The zero-order valence-corrected chi connectivity index (χ0v) is 10.6. The lowest BCUT2D eigenvalue weighted by Gasteiger charge is -2.05. The third kappa shape index (κ3) is 3.07. The molecule has 1 N–H and O–H groups in total. The minimum Gasteiger partial charge on any atom is -0.321 e. The average molecular weight is 296 g/mol. The van der Waals surface area contributed by atoms with Crippen LogP contribution in [0.1, 0.15) is 10.5 Å². The Balaban J connectivity index is 2.20. The van der Waals surface area contributed by atoms with Gasteiger partial charge in [-0.25, -0.2) is 4.98 Å². The first-order chi connectivity index (χ1) is 9.47. The number of rotatable bonds is 3. The normalized spacial score (nSPS) is 10.1. The highest BCUT2D eigenvalue weighted by Crippen LogP contribution is 2.21. The summed E-state index contributed by atoms with van der Waals surface area (Å²) in [4.78, 5) is 25.2. The van der Waals surface area contributed by atoms with E-state index in [4.69, 9.17) is 11.6 Å². The number of anilines is 1. The fraction of sp³-hybridized carbons (Fsp3) is 0. The molecule has 0 radical (unpaired) electrons. The molecular formula is C12H7ClFN3O3. The smallest absolute Gasteiger partial charge is 0.304 e. The molecule has 1 aromatic heterocycles. The molecule has 6 nitrogen and oxygen atoms in total. The maximum absolute atomic E-state index is 13.4. The number of pyridine rings is 1. The Morgan fingerprint density at radius 1 is 1.35 bits per heavy atom. The Hall–Kier alpha value is -2.54. The van der Waals surface area contributed by atoms with Gasteiger partial charge in [-0.15, -0.1) is 0 Å². The number of nitro groups is 1. The van der Waals surface area contributed by atoms with E-state index in [9.17, 15) is 19.3 Å². The summed E-state index contributed by atoms with van der Waals surface area (Å²) in [5.74, 6) is -1.63. The number of nitrogens with zero attached hydrogens (tertiary/aromatic N) is 2. The Morgan fingerprint density at radius 2 is 2.10 bits per heavy atom. The third-order valence-electron chi connectivity index (χ3n) is 2.35. The maximum atomic E-state index is 13.4. The highest BCUT2D eigenvalue weighted by molar-refractivity contribution is 6.29. The fourth-order valence-corrected chi connectivity index (χ4v) is 1.63. The predicted molar refractivity (Wildman–Crippen MR) is 70.3 cm³/mol. The van der Waals surface area contributed by atoms with Gasteiger partial charge in [0.1, 0.15) is 10.8 Å². The lowest BCUT2D eigenvalue weighted by molar-refractivity contribution is -0.387. The average Bonchev–Trinajstić information content (AvgIpc) is 2.38. The van der Waals surface area contributed by atoms with Crippen molar-refractivity contribution in [2.75, 3.05) is 5.32 Å². The summed E-state index contributed by atoms with van der Waals surface area (Å²) in [7, 11) is 0. The van der Waals surface area contributed by atoms with Crippen molar-refractivity contribution in [3.05, 3.63) is 63.2 Å². The maximum Gasteiger partial charge on any atom is 0.304 e. The molecule has 0 aliphatic heterocycles. The summed E-state index contributed by atoms with van der Waals surface area (Å²) in [5, 5.41) is 13.0. The van der Waals surface area contributed by atoms with Crippen LogP contribution in [0.25, 0.3) is 0 Å². The Labute approximate surface area is 117 Å². The van der Waals surface area contributed by atoms with E-state index in [1.54, 1.807) is 6.07 Å². The molecule has 8 heteroatoms. The summed E-state index contributed by atoms with van der Waals surface area (Å²) in [5.41, 5.74) is -0.528. The van der Waals surface area contributed by atoms with Gasteiger partial charge in [0.25, 0.3) is 5.91 Å². The van der Waals surface area contributed by atoms with Crippen LogP contribution in [0.15, 0.2) is 36.4 Å². The van der Waals surface area contributed by atoms with Gasteiger partial charge in [0, 0.05) is 17.8 Å². The molecule has 1 aromatic carbocycles. The van der Waals surface area contributed by atoms with Crippen LogP contribution in [0.2, 0.25) is 5.15 Å². The zero-order chi connectivity index (χ0) is 14.7. The van der Waals surface area contributed by atoms with E-state index < -0.39 is 22.3 Å². The van der Waals surface area contributed by atoms with Crippen LogP contribution in [0.3, 0.4) is 0 Å². The summed E-state index contributed by atoms with van der Waals surface area (Å²) < 4.78 is 13.4. The predicted octanol–water partition coefficient (Wildman–Crippen LogP) is 3.03. The number of benzene rings is 1. The van der Waals surface area contributed by atoms with Crippen LogP contribution in [0, 0.1) is 15.9 Å². The summed E-state index contributed by atoms with van der Waals surface area (Å²) >= 11 is 5.65. The van der Waals surface area contributed by atoms with E-state index in [0.29, 0.717) is 0 Å². The van der Waals surface area contributed by atoms with Crippen molar-refractivity contribution in [3.63, 3.8) is 0 Å². The van der Waals surface area contributed by atoms with E-state index >= 15 is 0 Å². The Kier molecular flexibility index (Phi) is 3.90. The third-order valence-corrected chi connectivity index (χ3v) is 2.56. The number of nitro benzene ring substituents is 1. The van der Waals surface area contributed by atoms with Gasteiger partial charge in [-0.05, 0) is 18.2 Å². The van der Waals surface area contributed by atoms with Gasteiger partial charge in [0.15, 0.2) is 0 Å². The summed E-state index contributed by atoms with van der Waals surface area (Å²) in [6.07, 6.45) is 0.